The summed E-state index contributed by atoms with van der Waals surface area (Å²) in [5, 5.41) is 3.52. The molecule has 2 heterocycles. The zero-order valence-corrected chi connectivity index (χ0v) is 17.2. The molecule has 0 unspecified atom stereocenters. The number of fused-ring (bicyclic) bond motifs is 1. The Bertz CT molecular complexity index is 1310. The van der Waals surface area contributed by atoms with E-state index in [1.807, 2.05) is 0 Å². The van der Waals surface area contributed by atoms with Crippen LogP contribution in [0.5, 0.6) is 5.75 Å². The minimum atomic E-state index is -0.465. The number of carbonyl (C=O) groups excluding carboxylic acids is 2. The van der Waals surface area contributed by atoms with Crippen molar-refractivity contribution in [1.82, 2.24) is 5.32 Å². The number of nitrogens with zero attached hydrogens (tertiary/aromatic N) is 1. The van der Waals surface area contributed by atoms with Gasteiger partial charge in [0.05, 0.1) is 24.1 Å². The van der Waals surface area contributed by atoms with Gasteiger partial charge in [0.25, 0.3) is 11.8 Å². The highest BCUT2D eigenvalue weighted by Gasteiger charge is 2.19. The topological polar surface area (TPSA) is 102 Å². The third kappa shape index (κ3) is 4.70. The lowest BCUT2D eigenvalue weighted by Gasteiger charge is -2.20. The molecule has 0 aliphatic heterocycles. The number of nitrogens with one attached hydrogen (secondary N) is 1. The molecule has 8 heteroatoms. The molecule has 8 nitrogen and oxygen atoms in total. The quantitative estimate of drug-likeness (QED) is 0.450. The highest BCUT2D eigenvalue weighted by atomic mass is 16.5. The van der Waals surface area contributed by atoms with Gasteiger partial charge in [-0.1, -0.05) is 12.1 Å². The fourth-order valence-electron chi connectivity index (χ4n) is 3.14. The average Bonchev–Trinajstić information content (AvgIpc) is 3.34. The van der Waals surface area contributed by atoms with Gasteiger partial charge in [-0.2, -0.15) is 0 Å². The predicted octanol–water partition coefficient (Wildman–Crippen LogP) is 3.36. The number of likely N-dealkylation sites (N-methyl/N-ethyl adjacent to an activating group) is 1. The minimum absolute atomic E-state index is 0.235. The first kappa shape index (κ1) is 20.9. The van der Waals surface area contributed by atoms with Crippen molar-refractivity contribution in [3.8, 4) is 5.75 Å². The summed E-state index contributed by atoms with van der Waals surface area (Å²) < 4.78 is 15.9. The van der Waals surface area contributed by atoms with Gasteiger partial charge in [0.15, 0.2) is 6.61 Å². The van der Waals surface area contributed by atoms with Crippen LogP contribution in [0, 0.1) is 0 Å². The van der Waals surface area contributed by atoms with Crippen molar-refractivity contribution in [3.05, 3.63) is 94.7 Å². The van der Waals surface area contributed by atoms with Crippen molar-refractivity contribution in [3.63, 3.8) is 0 Å². The Morgan fingerprint density at radius 2 is 1.84 bits per heavy atom. The van der Waals surface area contributed by atoms with E-state index in [9.17, 15) is 14.4 Å². The molecule has 2 aromatic carbocycles. The monoisotopic (exact) mass is 432 g/mol. The van der Waals surface area contributed by atoms with E-state index >= 15 is 0 Å². The van der Waals surface area contributed by atoms with Crippen molar-refractivity contribution in [2.75, 3.05) is 18.6 Å². The Morgan fingerprint density at radius 1 is 1.03 bits per heavy atom. The zero-order valence-electron chi connectivity index (χ0n) is 17.2. The van der Waals surface area contributed by atoms with Crippen LogP contribution in [0.3, 0.4) is 0 Å². The minimum Gasteiger partial charge on any atom is -0.484 e. The van der Waals surface area contributed by atoms with Crippen LogP contribution >= 0.6 is 0 Å². The van der Waals surface area contributed by atoms with Crippen LogP contribution in [0.4, 0.5) is 5.69 Å². The summed E-state index contributed by atoms with van der Waals surface area (Å²) in [4.78, 5) is 38.2. The molecule has 4 aromatic rings. The van der Waals surface area contributed by atoms with Gasteiger partial charge in [-0.05, 0) is 42.5 Å². The van der Waals surface area contributed by atoms with Gasteiger partial charge in [-0.15, -0.1) is 0 Å². The van der Waals surface area contributed by atoms with Crippen LogP contribution in [0.1, 0.15) is 16.1 Å². The van der Waals surface area contributed by atoms with E-state index in [-0.39, 0.29) is 25.0 Å². The van der Waals surface area contributed by atoms with Crippen molar-refractivity contribution in [2.24, 2.45) is 0 Å². The molecular formula is C24H20N2O6. The Hall–Kier alpha value is -4.33. The van der Waals surface area contributed by atoms with Gasteiger partial charge in [-0.25, -0.2) is 4.79 Å². The number of hydrogen-bond acceptors (Lipinski definition) is 6. The van der Waals surface area contributed by atoms with E-state index in [2.05, 4.69) is 5.32 Å². The summed E-state index contributed by atoms with van der Waals surface area (Å²) in [6, 6.07) is 18.3. The normalized spacial score (nSPS) is 10.7. The van der Waals surface area contributed by atoms with Crippen LogP contribution in [0.25, 0.3) is 11.0 Å². The van der Waals surface area contributed by atoms with Gasteiger partial charge in [0.1, 0.15) is 17.1 Å². The molecule has 0 bridgehead atoms. The number of benzene rings is 2. The largest absolute Gasteiger partial charge is 0.484 e. The van der Waals surface area contributed by atoms with Crippen molar-refractivity contribution in [2.45, 2.75) is 6.54 Å². The van der Waals surface area contributed by atoms with Crippen LogP contribution < -0.4 is 20.6 Å². The van der Waals surface area contributed by atoms with Crippen molar-refractivity contribution >= 4 is 28.5 Å². The SMILES string of the molecule is CN(C(=O)COc1ccc2ccc(=O)oc2c1)c1ccccc1C(=O)NCc1ccco1. The summed E-state index contributed by atoms with van der Waals surface area (Å²) in [5.74, 6) is 0.325. The zero-order chi connectivity index (χ0) is 22.5. The van der Waals surface area contributed by atoms with Crippen LogP contribution in [-0.2, 0) is 11.3 Å². The maximum Gasteiger partial charge on any atom is 0.336 e. The van der Waals surface area contributed by atoms with E-state index in [1.165, 1.54) is 17.2 Å². The number of ether oxygens (including phenoxy) is 1. The lowest BCUT2D eigenvalue weighted by molar-refractivity contribution is -0.120. The number of rotatable bonds is 7. The molecule has 162 valence electrons. The number of hydrogen-bond donors (Lipinski definition) is 1. The highest BCUT2D eigenvalue weighted by Crippen LogP contribution is 2.22. The molecule has 2 amide bonds. The summed E-state index contributed by atoms with van der Waals surface area (Å²) in [5.41, 5.74) is 0.701. The van der Waals surface area contributed by atoms with E-state index in [0.717, 1.165) is 5.39 Å². The van der Waals surface area contributed by atoms with Crippen molar-refractivity contribution in [1.29, 1.82) is 0 Å². The Balaban J connectivity index is 1.43. The standard InChI is InChI=1S/C24H20N2O6/c1-26(20-7-3-2-6-19(20)24(29)25-14-18-5-4-12-30-18)22(27)15-31-17-10-8-16-9-11-23(28)32-21(16)13-17/h2-13H,14-15H2,1H3,(H,25,29). The second-order valence-corrected chi connectivity index (χ2v) is 6.97. The van der Waals surface area contributed by atoms with Gasteiger partial charge >= 0.3 is 5.63 Å². The van der Waals surface area contributed by atoms with Crippen LogP contribution in [0.15, 0.2) is 86.6 Å². The summed E-state index contributed by atoms with van der Waals surface area (Å²) in [6.07, 6.45) is 1.53. The van der Waals surface area contributed by atoms with E-state index in [1.54, 1.807) is 67.7 Å². The van der Waals surface area contributed by atoms with Gasteiger partial charge < -0.3 is 23.8 Å². The molecule has 4 rings (SSSR count). The number of carbonyl (C=O) groups is 2. The Labute approximate surface area is 183 Å². The smallest absolute Gasteiger partial charge is 0.336 e. The molecule has 0 saturated carbocycles. The fourth-order valence-corrected chi connectivity index (χ4v) is 3.14. The molecule has 0 aliphatic rings. The molecular weight excluding hydrogens is 412 g/mol. The molecule has 0 aliphatic carbocycles. The lowest BCUT2D eigenvalue weighted by Crippen LogP contribution is -2.33. The van der Waals surface area contributed by atoms with E-state index in [0.29, 0.717) is 28.3 Å². The Kier molecular flexibility index (Phi) is 6.03. The molecule has 0 spiro atoms. The highest BCUT2D eigenvalue weighted by molar-refractivity contribution is 6.04. The molecule has 0 saturated heterocycles. The van der Waals surface area contributed by atoms with E-state index in [4.69, 9.17) is 13.6 Å². The second-order valence-electron chi connectivity index (χ2n) is 6.97. The lowest BCUT2D eigenvalue weighted by atomic mass is 10.1. The van der Waals surface area contributed by atoms with Crippen molar-refractivity contribution < 1.29 is 23.2 Å². The third-order valence-electron chi connectivity index (χ3n) is 4.84. The summed E-state index contributed by atoms with van der Waals surface area (Å²) in [6.45, 7) is -0.0273. The third-order valence-corrected chi connectivity index (χ3v) is 4.84. The number of amides is 2. The molecule has 0 fully saturated rings. The van der Waals surface area contributed by atoms with Crippen LogP contribution in [0.2, 0.25) is 0 Å². The maximum atomic E-state index is 12.7. The maximum absolute atomic E-state index is 12.7. The van der Waals surface area contributed by atoms with Gasteiger partial charge in [0, 0.05) is 24.6 Å². The average molecular weight is 432 g/mol. The van der Waals surface area contributed by atoms with Crippen LogP contribution in [-0.4, -0.2) is 25.5 Å². The number of furan rings is 1. The molecule has 32 heavy (non-hydrogen) atoms. The van der Waals surface area contributed by atoms with Gasteiger partial charge in [0.2, 0.25) is 0 Å². The second kappa shape index (κ2) is 9.22. The van der Waals surface area contributed by atoms with Gasteiger partial charge in [-0.3, -0.25) is 9.59 Å². The first-order chi connectivity index (χ1) is 15.5. The molecule has 0 radical (unpaired) electrons. The first-order valence-corrected chi connectivity index (χ1v) is 9.84. The Morgan fingerprint density at radius 3 is 2.66 bits per heavy atom. The fraction of sp³-hybridized carbons (Fsp3) is 0.125. The summed E-state index contributed by atoms with van der Waals surface area (Å²) in [7, 11) is 1.57. The molecule has 1 N–H and O–H groups in total. The molecule has 2 aromatic heterocycles. The number of anilines is 1. The first-order valence-electron chi connectivity index (χ1n) is 9.84. The predicted molar refractivity (Wildman–Crippen MR) is 118 cm³/mol. The summed E-state index contributed by atoms with van der Waals surface area (Å²) >= 11 is 0. The number of para-hydroxylation sites is 1. The van der Waals surface area contributed by atoms with E-state index < -0.39 is 5.63 Å². The molecule has 0 atom stereocenters.